The van der Waals surface area contributed by atoms with E-state index in [0.29, 0.717) is 41.6 Å². The van der Waals surface area contributed by atoms with Crippen LogP contribution in [0, 0.1) is 46.8 Å². The molecule has 41 heavy (non-hydrogen) atoms. The summed E-state index contributed by atoms with van der Waals surface area (Å²) in [6.45, 7) is 10.8. The topological polar surface area (TPSA) is 129 Å². The fraction of sp³-hybridized carbons (Fsp3) is 0.848. The molecule has 14 atom stereocenters. The monoisotopic (exact) mass is 575 g/mol. The molecule has 8 nitrogen and oxygen atoms in total. The van der Waals surface area contributed by atoms with E-state index in [1.807, 2.05) is 0 Å². The summed E-state index contributed by atoms with van der Waals surface area (Å²) in [6, 6.07) is 0. The van der Waals surface area contributed by atoms with E-state index < -0.39 is 43.1 Å². The first-order chi connectivity index (χ1) is 19.4. The molecule has 5 N–H and O–H groups in total. The van der Waals surface area contributed by atoms with Crippen molar-refractivity contribution >= 4 is 0 Å². The highest BCUT2D eigenvalue weighted by Gasteiger charge is 2.67. The highest BCUT2D eigenvalue weighted by molar-refractivity contribution is 5.27. The molecule has 0 aromatic carbocycles. The molecule has 0 amide bonds. The van der Waals surface area contributed by atoms with E-state index in [4.69, 9.17) is 14.2 Å². The lowest BCUT2D eigenvalue weighted by Crippen LogP contribution is -2.59. The molecule has 0 bridgehead atoms. The Labute approximate surface area is 244 Å². The number of aliphatic hydroxyl groups excluding tert-OH is 4. The number of hydrogen-bond acceptors (Lipinski definition) is 8. The Morgan fingerprint density at radius 1 is 1.12 bits per heavy atom. The quantitative estimate of drug-likeness (QED) is 0.293. The molecule has 231 valence electrons. The Balaban J connectivity index is 1.06. The molecule has 0 spiro atoms. The van der Waals surface area contributed by atoms with Gasteiger partial charge in [0.1, 0.15) is 24.4 Å². The summed E-state index contributed by atoms with van der Waals surface area (Å²) in [4.78, 5) is 0. The number of hydrogen-bond donors (Lipinski definition) is 5. The van der Waals surface area contributed by atoms with E-state index in [1.165, 1.54) is 38.5 Å². The summed E-state index contributed by atoms with van der Waals surface area (Å²) in [5.41, 5.74) is 2.90. The third-order valence-electron chi connectivity index (χ3n) is 12.7. The molecule has 6 aliphatic rings. The third kappa shape index (κ3) is 4.80. The molecule has 0 unspecified atom stereocenters. The van der Waals surface area contributed by atoms with E-state index in [0.717, 1.165) is 12.3 Å². The lowest BCUT2D eigenvalue weighted by atomic mass is 9.47. The Morgan fingerprint density at radius 3 is 2.66 bits per heavy atom. The zero-order valence-corrected chi connectivity index (χ0v) is 25.0. The molecule has 5 fully saturated rings. The maximum Gasteiger partial charge on any atom is 0.187 e. The van der Waals surface area contributed by atoms with Crippen LogP contribution in [0.15, 0.2) is 23.8 Å². The highest BCUT2D eigenvalue weighted by atomic mass is 16.7. The molecule has 0 aromatic rings. The maximum absolute atomic E-state index is 11.8. The number of aliphatic hydroxyl groups is 5. The summed E-state index contributed by atoms with van der Waals surface area (Å²) < 4.78 is 17.7. The minimum absolute atomic E-state index is 0.00720. The van der Waals surface area contributed by atoms with E-state index in [-0.39, 0.29) is 24.0 Å². The molecular weight excluding hydrogens is 524 g/mol. The average molecular weight is 576 g/mol. The second kappa shape index (κ2) is 11.0. The highest BCUT2D eigenvalue weighted by Crippen LogP contribution is 2.70. The second-order valence-electron chi connectivity index (χ2n) is 14.6. The van der Waals surface area contributed by atoms with Gasteiger partial charge in [0.2, 0.25) is 0 Å². The minimum Gasteiger partial charge on any atom is -0.394 e. The van der Waals surface area contributed by atoms with Gasteiger partial charge < -0.3 is 39.7 Å². The molecule has 1 radical (unpaired) electrons. The van der Waals surface area contributed by atoms with Crippen LogP contribution in [0.4, 0.5) is 0 Å². The van der Waals surface area contributed by atoms with E-state index in [9.17, 15) is 25.5 Å². The van der Waals surface area contributed by atoms with Gasteiger partial charge in [-0.15, -0.1) is 0 Å². The van der Waals surface area contributed by atoms with Gasteiger partial charge in [0.05, 0.1) is 19.3 Å². The van der Waals surface area contributed by atoms with Crippen molar-refractivity contribution < 1.29 is 39.7 Å². The molecule has 0 aromatic heterocycles. The fourth-order valence-electron chi connectivity index (χ4n) is 10.3. The van der Waals surface area contributed by atoms with Crippen molar-refractivity contribution in [2.45, 2.75) is 121 Å². The van der Waals surface area contributed by atoms with Gasteiger partial charge in [-0.2, -0.15) is 0 Å². The van der Waals surface area contributed by atoms with Crippen molar-refractivity contribution in [3.05, 3.63) is 30.2 Å². The molecule has 4 aliphatic carbocycles. The van der Waals surface area contributed by atoms with E-state index in [1.54, 1.807) is 5.57 Å². The first kappa shape index (κ1) is 30.2. The predicted octanol–water partition coefficient (Wildman–Crippen LogP) is 3.26. The molecule has 3 saturated carbocycles. The summed E-state index contributed by atoms with van der Waals surface area (Å²) in [6.07, 6.45) is 7.81. The van der Waals surface area contributed by atoms with Crippen LogP contribution in [0.1, 0.15) is 78.6 Å². The van der Waals surface area contributed by atoms with Crippen molar-refractivity contribution in [2.75, 3.05) is 13.2 Å². The Kier molecular flexibility index (Phi) is 8.07. The van der Waals surface area contributed by atoms with Crippen LogP contribution in [0.2, 0.25) is 0 Å². The van der Waals surface area contributed by atoms with Gasteiger partial charge in [0.15, 0.2) is 12.1 Å². The summed E-state index contributed by atoms with van der Waals surface area (Å²) in [5.74, 6) is 1.20. The fourth-order valence-corrected chi connectivity index (χ4v) is 10.3. The molecule has 2 aliphatic heterocycles. The standard InChI is InChI=1S/C33H51O8/c1-18(17-39-30-29(37)28(36)27(35)25(16-34)40-30)10-14-33(38)19(2)26-24(41-33)15-23-21-9-8-20-7-5-6-12-31(20,3)22(21)11-13-32(23,26)4/h5,8,19,21-30,34-38H,1,6-7,9-17H2,2-4H3/t19-,21+,22-,23-,24-,25+,26-,27+,28+,29+,30+,31-,32-,33+/m0/s1. The second-order valence-corrected chi connectivity index (χ2v) is 14.6. The number of rotatable bonds is 7. The van der Waals surface area contributed by atoms with E-state index in [2.05, 4.69) is 39.8 Å². The van der Waals surface area contributed by atoms with Gasteiger partial charge in [-0.05, 0) is 92.3 Å². The number of fused-ring (bicyclic) bond motifs is 7. The summed E-state index contributed by atoms with van der Waals surface area (Å²) in [7, 11) is 0. The van der Waals surface area contributed by atoms with Gasteiger partial charge in [0.25, 0.3) is 0 Å². The zero-order chi connectivity index (χ0) is 29.3. The number of allylic oxidation sites excluding steroid dienone is 2. The molecular formula is C33H51O8. The van der Waals surface area contributed by atoms with Gasteiger partial charge in [-0.25, -0.2) is 0 Å². The summed E-state index contributed by atoms with van der Waals surface area (Å²) in [5, 5.41) is 51.4. The van der Waals surface area contributed by atoms with Crippen LogP contribution in [-0.4, -0.2) is 81.3 Å². The van der Waals surface area contributed by atoms with Gasteiger partial charge >= 0.3 is 0 Å². The molecule has 2 heterocycles. The van der Waals surface area contributed by atoms with Crippen LogP contribution in [0.25, 0.3) is 0 Å². The van der Waals surface area contributed by atoms with Crippen LogP contribution < -0.4 is 0 Å². The first-order valence-electron chi connectivity index (χ1n) is 15.9. The van der Waals surface area contributed by atoms with E-state index >= 15 is 0 Å². The lowest BCUT2D eigenvalue weighted by molar-refractivity contribution is -0.299. The molecule has 2 saturated heterocycles. The lowest BCUT2D eigenvalue weighted by Gasteiger charge is -2.58. The van der Waals surface area contributed by atoms with Crippen LogP contribution in [0.3, 0.4) is 0 Å². The van der Waals surface area contributed by atoms with Crippen molar-refractivity contribution in [1.82, 2.24) is 0 Å². The molecule has 6 rings (SSSR count). The normalized spacial score (nSPS) is 52.7. The predicted molar refractivity (Wildman–Crippen MR) is 152 cm³/mol. The Morgan fingerprint density at radius 2 is 1.90 bits per heavy atom. The first-order valence-corrected chi connectivity index (χ1v) is 15.9. The average Bonchev–Trinajstić information content (AvgIpc) is 3.39. The van der Waals surface area contributed by atoms with Crippen molar-refractivity contribution in [1.29, 1.82) is 0 Å². The largest absolute Gasteiger partial charge is 0.394 e. The van der Waals surface area contributed by atoms with Crippen LogP contribution >= 0.6 is 0 Å². The van der Waals surface area contributed by atoms with Crippen molar-refractivity contribution in [3.63, 3.8) is 0 Å². The smallest absolute Gasteiger partial charge is 0.187 e. The van der Waals surface area contributed by atoms with Gasteiger partial charge in [-0.1, -0.05) is 44.6 Å². The Bertz CT molecular complexity index is 1030. The van der Waals surface area contributed by atoms with Crippen molar-refractivity contribution in [3.8, 4) is 0 Å². The zero-order valence-electron chi connectivity index (χ0n) is 25.0. The summed E-state index contributed by atoms with van der Waals surface area (Å²) >= 11 is 0. The van der Waals surface area contributed by atoms with Gasteiger partial charge in [-0.3, -0.25) is 0 Å². The van der Waals surface area contributed by atoms with Gasteiger partial charge in [0, 0.05) is 12.3 Å². The Hall–Kier alpha value is -0.840. The minimum atomic E-state index is -1.48. The number of ether oxygens (including phenoxy) is 3. The van der Waals surface area contributed by atoms with Crippen molar-refractivity contribution in [2.24, 2.45) is 40.4 Å². The SMILES string of the molecule is C=C(CC[C@@]1(O)O[C@H]2C[C@H]3[C@@H]4CC=C5C[CH]CC[C@]5(C)[C@H]4CC[C@]3(C)[C@H]2[C@@H]1C)CO[C@@H]1O[C@H](CO)[C@@H](O)[C@@H](O)[C@H]1O. The van der Waals surface area contributed by atoms with Crippen LogP contribution in [0.5, 0.6) is 0 Å². The van der Waals surface area contributed by atoms with Crippen LogP contribution in [-0.2, 0) is 14.2 Å². The maximum atomic E-state index is 11.8. The third-order valence-corrected chi connectivity index (χ3v) is 12.7. The molecule has 8 heteroatoms.